The lowest BCUT2D eigenvalue weighted by Crippen LogP contribution is -2.04. The first-order chi connectivity index (χ1) is 9.18. The van der Waals surface area contributed by atoms with Gasteiger partial charge < -0.3 is 10.3 Å². The molecular formula is C15H17FN2O. The molecule has 0 amide bonds. The fourth-order valence-corrected chi connectivity index (χ4v) is 3.06. The minimum absolute atomic E-state index is 0.208. The largest absolute Gasteiger partial charge is 0.367 e. The third-order valence-corrected chi connectivity index (χ3v) is 4.10. The van der Waals surface area contributed by atoms with Gasteiger partial charge in [0.05, 0.1) is 11.3 Å². The summed E-state index contributed by atoms with van der Waals surface area (Å²) in [5.41, 5.74) is 7.79. The maximum atomic E-state index is 14.0. The molecule has 1 aromatic heterocycles. The lowest BCUT2D eigenvalue weighted by atomic mass is 9.90. The lowest BCUT2D eigenvalue weighted by Gasteiger charge is -2.14. The van der Waals surface area contributed by atoms with Gasteiger partial charge >= 0.3 is 0 Å². The summed E-state index contributed by atoms with van der Waals surface area (Å²) in [7, 11) is 0. The highest BCUT2D eigenvalue weighted by Gasteiger charge is 2.32. The molecule has 1 saturated carbocycles. The molecule has 1 fully saturated rings. The molecule has 0 bridgehead atoms. The molecule has 1 heterocycles. The molecule has 1 aromatic carbocycles. The van der Waals surface area contributed by atoms with E-state index >= 15 is 0 Å². The van der Waals surface area contributed by atoms with Gasteiger partial charge in [0.25, 0.3) is 0 Å². The Balaban J connectivity index is 2.11. The molecule has 2 N–H and O–H groups in total. The molecule has 1 aliphatic rings. The molecule has 19 heavy (non-hydrogen) atoms. The normalized spacial score (nSPS) is 22.8. The first-order valence-corrected chi connectivity index (χ1v) is 6.68. The van der Waals surface area contributed by atoms with Crippen molar-refractivity contribution in [3.63, 3.8) is 0 Å². The Morgan fingerprint density at radius 1 is 1.32 bits per heavy atom. The Hall–Kier alpha value is -1.84. The molecule has 0 radical (unpaired) electrons. The van der Waals surface area contributed by atoms with Gasteiger partial charge in [0.15, 0.2) is 0 Å². The molecule has 100 valence electrons. The van der Waals surface area contributed by atoms with Crippen LogP contribution in [0.2, 0.25) is 0 Å². The predicted octanol–water partition coefficient (Wildman–Crippen LogP) is 3.97. The van der Waals surface area contributed by atoms with Crippen molar-refractivity contribution < 1.29 is 8.91 Å². The third-order valence-electron chi connectivity index (χ3n) is 4.10. The van der Waals surface area contributed by atoms with Crippen LogP contribution in [0.25, 0.3) is 11.1 Å². The van der Waals surface area contributed by atoms with E-state index in [1.54, 1.807) is 18.2 Å². The summed E-state index contributed by atoms with van der Waals surface area (Å²) in [6.45, 7) is 2.20. The molecule has 3 nitrogen and oxygen atoms in total. The summed E-state index contributed by atoms with van der Waals surface area (Å²) in [6.07, 6.45) is 3.41. The van der Waals surface area contributed by atoms with Gasteiger partial charge in [0.1, 0.15) is 5.82 Å². The highest BCUT2D eigenvalue weighted by molar-refractivity contribution is 5.76. The first kappa shape index (κ1) is 12.2. The smallest absolute Gasteiger partial charge is 0.230 e. The summed E-state index contributed by atoms with van der Waals surface area (Å²) >= 11 is 0. The molecule has 2 aromatic rings. The molecule has 2 atom stereocenters. The number of nitrogens with two attached hydrogens (primary N) is 1. The standard InChI is InChI=1S/C15H17FN2O/c1-9-5-4-7-10(9)14-13(15(17)19-18-14)11-6-2-3-8-12(11)16/h2-3,6,8-10H,4-5,7,17H2,1H3. The van der Waals surface area contributed by atoms with Crippen LogP contribution in [0.1, 0.15) is 37.8 Å². The second-order valence-electron chi connectivity index (χ2n) is 5.30. The van der Waals surface area contributed by atoms with Gasteiger partial charge in [-0.2, -0.15) is 0 Å². The van der Waals surface area contributed by atoms with Crippen LogP contribution < -0.4 is 5.73 Å². The van der Waals surface area contributed by atoms with E-state index < -0.39 is 0 Å². The number of hydrogen-bond acceptors (Lipinski definition) is 3. The average molecular weight is 260 g/mol. The summed E-state index contributed by atoms with van der Waals surface area (Å²) in [5, 5.41) is 4.10. The maximum Gasteiger partial charge on any atom is 0.230 e. The van der Waals surface area contributed by atoms with E-state index in [-0.39, 0.29) is 11.7 Å². The van der Waals surface area contributed by atoms with Gasteiger partial charge in [-0.3, -0.25) is 0 Å². The van der Waals surface area contributed by atoms with Crippen LogP contribution in [-0.4, -0.2) is 5.16 Å². The van der Waals surface area contributed by atoms with Crippen LogP contribution in [0.3, 0.4) is 0 Å². The second-order valence-corrected chi connectivity index (χ2v) is 5.30. The highest BCUT2D eigenvalue weighted by atomic mass is 19.1. The molecule has 4 heteroatoms. The van der Waals surface area contributed by atoms with E-state index in [4.69, 9.17) is 10.3 Å². The van der Waals surface area contributed by atoms with E-state index in [1.165, 1.54) is 18.9 Å². The van der Waals surface area contributed by atoms with Gasteiger partial charge in [0.2, 0.25) is 5.88 Å². The van der Waals surface area contributed by atoms with Crippen LogP contribution in [0.4, 0.5) is 10.3 Å². The van der Waals surface area contributed by atoms with Crippen molar-refractivity contribution >= 4 is 5.88 Å². The number of aromatic nitrogens is 1. The zero-order valence-electron chi connectivity index (χ0n) is 10.9. The number of hydrogen-bond donors (Lipinski definition) is 1. The quantitative estimate of drug-likeness (QED) is 0.889. The zero-order chi connectivity index (χ0) is 13.4. The SMILES string of the molecule is CC1CCCC1c1noc(N)c1-c1ccccc1F. The topological polar surface area (TPSA) is 52.0 Å². The number of halogens is 1. The second kappa shape index (κ2) is 4.68. The third kappa shape index (κ3) is 2.01. The van der Waals surface area contributed by atoms with Crippen LogP contribution in [0, 0.1) is 11.7 Å². The first-order valence-electron chi connectivity index (χ1n) is 6.68. The molecule has 0 spiro atoms. The fraction of sp³-hybridized carbons (Fsp3) is 0.400. The maximum absolute atomic E-state index is 14.0. The van der Waals surface area contributed by atoms with Crippen molar-refractivity contribution in [3.8, 4) is 11.1 Å². The van der Waals surface area contributed by atoms with Crippen molar-refractivity contribution in [2.45, 2.75) is 32.1 Å². The summed E-state index contributed by atoms with van der Waals surface area (Å²) < 4.78 is 19.1. The van der Waals surface area contributed by atoms with Crippen LogP contribution in [0.15, 0.2) is 28.8 Å². The molecule has 0 saturated heterocycles. The fourth-order valence-electron chi connectivity index (χ4n) is 3.06. The molecule has 1 aliphatic carbocycles. The van der Waals surface area contributed by atoms with E-state index in [0.717, 1.165) is 12.1 Å². The van der Waals surface area contributed by atoms with E-state index in [0.29, 0.717) is 23.0 Å². The van der Waals surface area contributed by atoms with Crippen LogP contribution in [0.5, 0.6) is 0 Å². The number of anilines is 1. The van der Waals surface area contributed by atoms with Crippen LogP contribution >= 0.6 is 0 Å². The van der Waals surface area contributed by atoms with Gasteiger partial charge in [-0.25, -0.2) is 4.39 Å². The monoisotopic (exact) mass is 260 g/mol. The number of rotatable bonds is 2. The Kier molecular flexibility index (Phi) is 3.01. The minimum atomic E-state index is -0.288. The zero-order valence-corrected chi connectivity index (χ0v) is 10.9. The van der Waals surface area contributed by atoms with Crippen molar-refractivity contribution in [2.75, 3.05) is 5.73 Å². The minimum Gasteiger partial charge on any atom is -0.367 e. The summed E-state index contributed by atoms with van der Waals surface area (Å²) in [6, 6.07) is 6.62. The summed E-state index contributed by atoms with van der Waals surface area (Å²) in [5.74, 6) is 0.772. The van der Waals surface area contributed by atoms with Gasteiger partial charge in [0, 0.05) is 11.5 Å². The van der Waals surface area contributed by atoms with Gasteiger partial charge in [-0.1, -0.05) is 43.1 Å². The van der Waals surface area contributed by atoms with E-state index in [1.807, 2.05) is 0 Å². The van der Waals surface area contributed by atoms with Crippen molar-refractivity contribution in [2.24, 2.45) is 5.92 Å². The average Bonchev–Trinajstić information content (AvgIpc) is 2.96. The molecular weight excluding hydrogens is 243 g/mol. The van der Waals surface area contributed by atoms with Gasteiger partial charge in [-0.15, -0.1) is 0 Å². The highest BCUT2D eigenvalue weighted by Crippen LogP contribution is 2.44. The number of nitrogen functional groups attached to an aromatic ring is 1. The Labute approximate surface area is 111 Å². The molecule has 0 aliphatic heterocycles. The van der Waals surface area contributed by atoms with Crippen molar-refractivity contribution in [1.82, 2.24) is 5.16 Å². The van der Waals surface area contributed by atoms with E-state index in [2.05, 4.69) is 12.1 Å². The Morgan fingerprint density at radius 3 is 2.79 bits per heavy atom. The van der Waals surface area contributed by atoms with E-state index in [9.17, 15) is 4.39 Å². The predicted molar refractivity (Wildman–Crippen MR) is 72.1 cm³/mol. The molecule has 3 rings (SSSR count). The summed E-state index contributed by atoms with van der Waals surface area (Å²) in [4.78, 5) is 0. The Morgan fingerprint density at radius 2 is 2.11 bits per heavy atom. The Bertz CT molecular complexity index is 594. The number of benzene rings is 1. The van der Waals surface area contributed by atoms with Crippen LogP contribution in [-0.2, 0) is 0 Å². The lowest BCUT2D eigenvalue weighted by molar-refractivity contribution is 0.407. The van der Waals surface area contributed by atoms with Gasteiger partial charge in [-0.05, 0) is 18.4 Å². The van der Waals surface area contributed by atoms with Crippen molar-refractivity contribution in [3.05, 3.63) is 35.8 Å². The number of nitrogens with zero attached hydrogens (tertiary/aromatic N) is 1. The molecule has 2 unspecified atom stereocenters. The van der Waals surface area contributed by atoms with Crippen molar-refractivity contribution in [1.29, 1.82) is 0 Å².